The molecule has 1 aliphatic heterocycles. The van der Waals surface area contributed by atoms with Gasteiger partial charge >= 0.3 is 0 Å². The van der Waals surface area contributed by atoms with Crippen molar-refractivity contribution in [2.75, 3.05) is 44.2 Å². The Morgan fingerprint density at radius 3 is 2.70 bits per heavy atom. The SMILES string of the molecule is O=c1ccoc2cc(OCCCN3CCN(c4ncccn4)CC3)ccc12. The number of fused-ring (bicyclic) bond motifs is 1. The highest BCUT2D eigenvalue weighted by molar-refractivity contribution is 5.77. The van der Waals surface area contributed by atoms with Crippen molar-refractivity contribution < 1.29 is 9.15 Å². The first-order valence-electron chi connectivity index (χ1n) is 9.18. The van der Waals surface area contributed by atoms with Gasteiger partial charge in [-0.05, 0) is 24.6 Å². The van der Waals surface area contributed by atoms with E-state index in [1.165, 1.54) is 12.3 Å². The number of hydrogen-bond donors (Lipinski definition) is 0. The van der Waals surface area contributed by atoms with Gasteiger partial charge < -0.3 is 14.1 Å². The Hall–Kier alpha value is -2.93. The van der Waals surface area contributed by atoms with Crippen LogP contribution < -0.4 is 15.1 Å². The molecule has 0 aliphatic carbocycles. The van der Waals surface area contributed by atoms with E-state index in [0.29, 0.717) is 17.6 Å². The van der Waals surface area contributed by atoms with Crippen molar-refractivity contribution in [1.29, 1.82) is 0 Å². The zero-order chi connectivity index (χ0) is 18.5. The van der Waals surface area contributed by atoms with Crippen LogP contribution in [0.4, 0.5) is 5.95 Å². The molecule has 0 radical (unpaired) electrons. The Labute approximate surface area is 157 Å². The van der Waals surface area contributed by atoms with E-state index in [1.807, 2.05) is 12.1 Å². The molecule has 7 nitrogen and oxygen atoms in total. The molecule has 0 saturated carbocycles. The number of benzene rings is 1. The summed E-state index contributed by atoms with van der Waals surface area (Å²) < 4.78 is 11.2. The van der Waals surface area contributed by atoms with Crippen LogP contribution in [0.3, 0.4) is 0 Å². The van der Waals surface area contributed by atoms with Gasteiger partial charge in [0.1, 0.15) is 11.3 Å². The number of aromatic nitrogens is 2. The Bertz CT molecular complexity index is 937. The highest BCUT2D eigenvalue weighted by Gasteiger charge is 2.18. The fraction of sp³-hybridized carbons (Fsp3) is 0.350. The summed E-state index contributed by atoms with van der Waals surface area (Å²) in [6.45, 7) is 5.50. The minimum atomic E-state index is -0.0390. The van der Waals surface area contributed by atoms with Crippen LogP contribution in [-0.2, 0) is 0 Å². The molecule has 1 aliphatic rings. The quantitative estimate of drug-likeness (QED) is 0.619. The fourth-order valence-electron chi connectivity index (χ4n) is 3.26. The van der Waals surface area contributed by atoms with Gasteiger partial charge in [0.15, 0.2) is 5.43 Å². The molecule has 3 heterocycles. The lowest BCUT2D eigenvalue weighted by atomic mass is 10.2. The topological polar surface area (TPSA) is 71.7 Å². The number of piperazine rings is 1. The van der Waals surface area contributed by atoms with Crippen LogP contribution in [0.2, 0.25) is 0 Å². The van der Waals surface area contributed by atoms with E-state index in [9.17, 15) is 4.79 Å². The molecule has 0 atom stereocenters. The average Bonchev–Trinajstić information content (AvgIpc) is 2.72. The first-order chi connectivity index (χ1) is 13.3. The van der Waals surface area contributed by atoms with Crippen molar-refractivity contribution in [2.24, 2.45) is 0 Å². The van der Waals surface area contributed by atoms with Crippen molar-refractivity contribution in [3.63, 3.8) is 0 Å². The number of nitrogens with zero attached hydrogens (tertiary/aromatic N) is 4. The third-order valence-corrected chi connectivity index (χ3v) is 4.73. The summed E-state index contributed by atoms with van der Waals surface area (Å²) in [6, 6.07) is 8.60. The maximum atomic E-state index is 11.7. The van der Waals surface area contributed by atoms with Crippen LogP contribution in [0.15, 0.2) is 58.2 Å². The standard InChI is InChI=1S/C20H22N4O3/c25-18-5-14-27-19-15-16(3-4-17(18)19)26-13-2-8-23-9-11-24(12-10-23)20-21-6-1-7-22-20/h1,3-7,14-15H,2,8-13H2. The van der Waals surface area contributed by atoms with Crippen LogP contribution in [0, 0.1) is 0 Å². The predicted octanol–water partition coefficient (Wildman–Crippen LogP) is 2.17. The van der Waals surface area contributed by atoms with Gasteiger partial charge in [-0.3, -0.25) is 9.69 Å². The molecule has 0 spiro atoms. The highest BCUT2D eigenvalue weighted by atomic mass is 16.5. The van der Waals surface area contributed by atoms with Crippen molar-refractivity contribution in [3.8, 4) is 5.75 Å². The Balaban J connectivity index is 1.21. The second-order valence-electron chi connectivity index (χ2n) is 6.52. The zero-order valence-corrected chi connectivity index (χ0v) is 15.1. The molecule has 0 bridgehead atoms. The van der Waals surface area contributed by atoms with Gasteiger partial charge in [-0.1, -0.05) is 0 Å². The predicted molar refractivity (Wildman–Crippen MR) is 103 cm³/mol. The lowest BCUT2D eigenvalue weighted by Gasteiger charge is -2.34. The second-order valence-corrected chi connectivity index (χ2v) is 6.52. The first-order valence-corrected chi connectivity index (χ1v) is 9.18. The Morgan fingerprint density at radius 1 is 1.07 bits per heavy atom. The molecule has 2 aromatic heterocycles. The monoisotopic (exact) mass is 366 g/mol. The number of hydrogen-bond acceptors (Lipinski definition) is 7. The molecule has 1 aromatic carbocycles. The van der Waals surface area contributed by atoms with Gasteiger partial charge in [0.25, 0.3) is 0 Å². The van der Waals surface area contributed by atoms with Crippen LogP contribution >= 0.6 is 0 Å². The fourth-order valence-corrected chi connectivity index (χ4v) is 3.26. The van der Waals surface area contributed by atoms with E-state index < -0.39 is 0 Å². The molecular weight excluding hydrogens is 344 g/mol. The van der Waals surface area contributed by atoms with Crippen molar-refractivity contribution in [2.45, 2.75) is 6.42 Å². The summed E-state index contributed by atoms with van der Waals surface area (Å²) in [5.74, 6) is 1.53. The minimum Gasteiger partial charge on any atom is -0.493 e. The molecule has 7 heteroatoms. The summed E-state index contributed by atoms with van der Waals surface area (Å²) >= 11 is 0. The molecule has 1 fully saturated rings. The van der Waals surface area contributed by atoms with Crippen LogP contribution in [0.5, 0.6) is 5.75 Å². The van der Waals surface area contributed by atoms with Crippen molar-refractivity contribution in [3.05, 3.63) is 59.2 Å². The van der Waals surface area contributed by atoms with Gasteiger partial charge in [-0.15, -0.1) is 0 Å². The molecule has 4 rings (SSSR count). The largest absolute Gasteiger partial charge is 0.493 e. The molecule has 140 valence electrons. The molecule has 0 unspecified atom stereocenters. The maximum Gasteiger partial charge on any atom is 0.225 e. The minimum absolute atomic E-state index is 0.0390. The third-order valence-electron chi connectivity index (χ3n) is 4.73. The lowest BCUT2D eigenvalue weighted by Crippen LogP contribution is -2.47. The van der Waals surface area contributed by atoms with Gasteiger partial charge in [0.05, 0.1) is 18.3 Å². The summed E-state index contributed by atoms with van der Waals surface area (Å²) in [6.07, 6.45) is 5.92. The second kappa shape index (κ2) is 8.18. The highest BCUT2D eigenvalue weighted by Crippen LogP contribution is 2.18. The summed E-state index contributed by atoms with van der Waals surface area (Å²) in [5.41, 5.74) is 0.516. The zero-order valence-electron chi connectivity index (χ0n) is 15.1. The van der Waals surface area contributed by atoms with E-state index in [2.05, 4.69) is 19.8 Å². The molecule has 3 aromatic rings. The third kappa shape index (κ3) is 4.25. The number of rotatable bonds is 6. The van der Waals surface area contributed by atoms with E-state index in [-0.39, 0.29) is 5.43 Å². The van der Waals surface area contributed by atoms with Crippen LogP contribution in [-0.4, -0.2) is 54.2 Å². The lowest BCUT2D eigenvalue weighted by molar-refractivity contribution is 0.224. The van der Waals surface area contributed by atoms with E-state index in [4.69, 9.17) is 9.15 Å². The van der Waals surface area contributed by atoms with E-state index >= 15 is 0 Å². The summed E-state index contributed by atoms with van der Waals surface area (Å²) in [4.78, 5) is 25.0. The summed E-state index contributed by atoms with van der Waals surface area (Å²) in [5, 5.41) is 0.574. The van der Waals surface area contributed by atoms with Crippen molar-refractivity contribution >= 4 is 16.9 Å². The van der Waals surface area contributed by atoms with Gasteiger partial charge in [-0.25, -0.2) is 9.97 Å². The van der Waals surface area contributed by atoms with E-state index in [1.54, 1.807) is 24.5 Å². The number of anilines is 1. The molecule has 0 amide bonds. The average molecular weight is 366 g/mol. The first kappa shape index (κ1) is 17.5. The normalized spacial score (nSPS) is 15.2. The van der Waals surface area contributed by atoms with Crippen LogP contribution in [0.1, 0.15) is 6.42 Å². The van der Waals surface area contributed by atoms with E-state index in [0.717, 1.165) is 50.8 Å². The Kier molecular flexibility index (Phi) is 5.29. The Morgan fingerprint density at radius 2 is 1.89 bits per heavy atom. The van der Waals surface area contributed by atoms with Gasteiger partial charge in [0, 0.05) is 57.3 Å². The molecular formula is C20H22N4O3. The maximum absolute atomic E-state index is 11.7. The molecule has 0 N–H and O–H groups in total. The van der Waals surface area contributed by atoms with Crippen molar-refractivity contribution in [1.82, 2.24) is 14.9 Å². The molecule has 1 saturated heterocycles. The van der Waals surface area contributed by atoms with Gasteiger partial charge in [-0.2, -0.15) is 0 Å². The number of ether oxygens (including phenoxy) is 1. The van der Waals surface area contributed by atoms with Crippen LogP contribution in [0.25, 0.3) is 11.0 Å². The smallest absolute Gasteiger partial charge is 0.225 e. The summed E-state index contributed by atoms with van der Waals surface area (Å²) in [7, 11) is 0. The molecule has 27 heavy (non-hydrogen) atoms. The van der Waals surface area contributed by atoms with Gasteiger partial charge in [0.2, 0.25) is 5.95 Å².